The van der Waals surface area contributed by atoms with E-state index in [9.17, 15) is 4.79 Å². The maximum atomic E-state index is 12.8. The first-order valence-corrected chi connectivity index (χ1v) is 10.5. The number of ketones is 1. The van der Waals surface area contributed by atoms with Crippen molar-refractivity contribution in [2.45, 2.75) is 84.3 Å². The highest BCUT2D eigenvalue weighted by molar-refractivity contribution is 6.08. The second-order valence-corrected chi connectivity index (χ2v) is 8.48. The highest BCUT2D eigenvalue weighted by Gasteiger charge is 2.28. The topological polar surface area (TPSA) is 26.3 Å². The minimum Gasteiger partial charge on any atom is -0.376 e. The van der Waals surface area contributed by atoms with Gasteiger partial charge < -0.3 is 4.74 Å². The molecule has 2 heteroatoms. The largest absolute Gasteiger partial charge is 0.376 e. The molecule has 1 heterocycles. The first-order chi connectivity index (χ1) is 12.5. The number of aryl methyl sites for hydroxylation is 1. The standard InChI is InChI=1S/C24H34O2/c1-17-10-12-22(13-11-17)24(25)21-8-5-7-20(14-15-21)23-9-4-6-18(2)26-19(3)16-23/h8,10-13,18-20,23H,4-7,9,14-16H2,1-3H3. The number of benzene rings is 1. The van der Waals surface area contributed by atoms with E-state index in [0.29, 0.717) is 12.2 Å². The Morgan fingerprint density at radius 1 is 0.962 bits per heavy atom. The molecule has 1 aliphatic carbocycles. The molecule has 0 saturated carbocycles. The third-order valence-corrected chi connectivity index (χ3v) is 6.27. The summed E-state index contributed by atoms with van der Waals surface area (Å²) in [6.45, 7) is 6.50. The quantitative estimate of drug-likeness (QED) is 0.597. The fourth-order valence-corrected chi connectivity index (χ4v) is 4.79. The molecule has 2 nitrogen and oxygen atoms in total. The summed E-state index contributed by atoms with van der Waals surface area (Å²) >= 11 is 0. The van der Waals surface area contributed by atoms with Crippen molar-refractivity contribution in [2.24, 2.45) is 11.8 Å². The van der Waals surface area contributed by atoms with Crippen LogP contribution in [0, 0.1) is 18.8 Å². The van der Waals surface area contributed by atoms with Gasteiger partial charge in [0.15, 0.2) is 5.78 Å². The molecule has 3 rings (SSSR count). The van der Waals surface area contributed by atoms with Crippen LogP contribution in [0.15, 0.2) is 35.9 Å². The highest BCUT2D eigenvalue weighted by Crippen LogP contribution is 2.36. The number of hydrogen-bond donors (Lipinski definition) is 0. The van der Waals surface area contributed by atoms with Gasteiger partial charge in [0.2, 0.25) is 0 Å². The average Bonchev–Trinajstić information content (AvgIpc) is 2.85. The van der Waals surface area contributed by atoms with Crippen LogP contribution in [0.2, 0.25) is 0 Å². The lowest BCUT2D eigenvalue weighted by atomic mass is 9.78. The van der Waals surface area contributed by atoms with E-state index in [4.69, 9.17) is 4.74 Å². The van der Waals surface area contributed by atoms with Gasteiger partial charge in [-0.1, -0.05) is 42.3 Å². The van der Waals surface area contributed by atoms with Gasteiger partial charge in [0.1, 0.15) is 0 Å². The summed E-state index contributed by atoms with van der Waals surface area (Å²) in [6.07, 6.45) is 12.3. The predicted octanol–water partition coefficient (Wildman–Crippen LogP) is 6.28. The Hall–Kier alpha value is -1.41. The summed E-state index contributed by atoms with van der Waals surface area (Å²) < 4.78 is 6.10. The smallest absolute Gasteiger partial charge is 0.188 e. The number of hydrogen-bond acceptors (Lipinski definition) is 2. The van der Waals surface area contributed by atoms with Gasteiger partial charge in [-0.05, 0) is 83.1 Å². The van der Waals surface area contributed by atoms with Gasteiger partial charge in [0.25, 0.3) is 0 Å². The van der Waals surface area contributed by atoms with Crippen molar-refractivity contribution in [3.63, 3.8) is 0 Å². The van der Waals surface area contributed by atoms with Crippen molar-refractivity contribution in [3.8, 4) is 0 Å². The Bertz CT molecular complexity index is 628. The average molecular weight is 355 g/mol. The molecule has 1 saturated heterocycles. The van der Waals surface area contributed by atoms with E-state index in [1.807, 2.05) is 24.3 Å². The van der Waals surface area contributed by atoms with Crippen LogP contribution in [0.5, 0.6) is 0 Å². The van der Waals surface area contributed by atoms with Crippen LogP contribution in [-0.2, 0) is 4.74 Å². The van der Waals surface area contributed by atoms with Crippen LogP contribution >= 0.6 is 0 Å². The van der Waals surface area contributed by atoms with E-state index in [-0.39, 0.29) is 5.78 Å². The van der Waals surface area contributed by atoms with Gasteiger partial charge in [-0.3, -0.25) is 4.79 Å². The molecule has 1 aromatic rings. The minimum atomic E-state index is 0.230. The second kappa shape index (κ2) is 8.99. The van der Waals surface area contributed by atoms with Gasteiger partial charge in [-0.25, -0.2) is 0 Å². The molecular formula is C24H34O2. The number of rotatable bonds is 3. The molecule has 4 atom stereocenters. The first kappa shape index (κ1) is 19.4. The zero-order valence-electron chi connectivity index (χ0n) is 16.7. The molecule has 1 fully saturated rings. The maximum Gasteiger partial charge on any atom is 0.188 e. The Kier molecular flexibility index (Phi) is 6.69. The lowest BCUT2D eigenvalue weighted by Gasteiger charge is -2.32. The third-order valence-electron chi connectivity index (χ3n) is 6.27. The summed E-state index contributed by atoms with van der Waals surface area (Å²) in [5, 5.41) is 0. The lowest BCUT2D eigenvalue weighted by molar-refractivity contribution is -0.0274. The molecule has 1 aromatic carbocycles. The maximum absolute atomic E-state index is 12.8. The van der Waals surface area contributed by atoms with Gasteiger partial charge in [-0.15, -0.1) is 0 Å². The summed E-state index contributed by atoms with van der Waals surface area (Å²) in [7, 11) is 0. The highest BCUT2D eigenvalue weighted by atomic mass is 16.5. The minimum absolute atomic E-state index is 0.230. The fraction of sp³-hybridized carbons (Fsp3) is 0.625. The summed E-state index contributed by atoms with van der Waals surface area (Å²) in [5.41, 5.74) is 3.06. The van der Waals surface area contributed by atoms with Gasteiger partial charge in [0.05, 0.1) is 12.2 Å². The molecule has 0 N–H and O–H groups in total. The zero-order valence-corrected chi connectivity index (χ0v) is 16.7. The molecule has 2 aliphatic rings. The molecule has 142 valence electrons. The second-order valence-electron chi connectivity index (χ2n) is 8.48. The number of allylic oxidation sites excluding steroid dienone is 2. The number of carbonyl (C=O) groups is 1. The molecular weight excluding hydrogens is 320 g/mol. The number of carbonyl (C=O) groups excluding carboxylic acids is 1. The van der Waals surface area contributed by atoms with Crippen LogP contribution < -0.4 is 0 Å². The van der Waals surface area contributed by atoms with E-state index >= 15 is 0 Å². The van der Waals surface area contributed by atoms with Crippen LogP contribution in [0.1, 0.15) is 81.1 Å². The van der Waals surface area contributed by atoms with E-state index in [0.717, 1.165) is 42.2 Å². The van der Waals surface area contributed by atoms with E-state index in [1.54, 1.807) is 0 Å². The normalized spacial score (nSPS) is 30.7. The van der Waals surface area contributed by atoms with Crippen molar-refractivity contribution >= 4 is 5.78 Å². The van der Waals surface area contributed by atoms with Crippen LogP contribution in [-0.4, -0.2) is 18.0 Å². The lowest BCUT2D eigenvalue weighted by Crippen LogP contribution is -2.27. The Morgan fingerprint density at radius 2 is 1.73 bits per heavy atom. The monoisotopic (exact) mass is 354 g/mol. The predicted molar refractivity (Wildman–Crippen MR) is 108 cm³/mol. The molecule has 0 spiro atoms. The van der Waals surface area contributed by atoms with Crippen LogP contribution in [0.25, 0.3) is 0 Å². The van der Waals surface area contributed by atoms with Gasteiger partial charge in [0, 0.05) is 5.56 Å². The first-order valence-electron chi connectivity index (χ1n) is 10.5. The van der Waals surface area contributed by atoms with E-state index in [1.165, 1.54) is 37.7 Å². The van der Waals surface area contributed by atoms with Crippen LogP contribution in [0.3, 0.4) is 0 Å². The van der Waals surface area contributed by atoms with Crippen molar-refractivity contribution in [2.75, 3.05) is 0 Å². The molecule has 1 aliphatic heterocycles. The fourth-order valence-electron chi connectivity index (χ4n) is 4.79. The van der Waals surface area contributed by atoms with Gasteiger partial charge >= 0.3 is 0 Å². The van der Waals surface area contributed by atoms with E-state index in [2.05, 4.69) is 26.8 Å². The molecule has 0 amide bonds. The van der Waals surface area contributed by atoms with Crippen molar-refractivity contribution in [3.05, 3.63) is 47.0 Å². The van der Waals surface area contributed by atoms with Gasteiger partial charge in [-0.2, -0.15) is 0 Å². The number of Topliss-reactive ketones (excluding diaryl/α,β-unsaturated/α-hetero) is 1. The molecule has 4 unspecified atom stereocenters. The Labute approximate surface area is 159 Å². The summed E-state index contributed by atoms with van der Waals surface area (Å²) in [6, 6.07) is 8.00. The Balaban J connectivity index is 1.60. The van der Waals surface area contributed by atoms with Crippen molar-refractivity contribution in [1.82, 2.24) is 0 Å². The molecule has 26 heavy (non-hydrogen) atoms. The molecule has 0 radical (unpaired) electrons. The summed E-state index contributed by atoms with van der Waals surface area (Å²) in [4.78, 5) is 12.8. The van der Waals surface area contributed by atoms with E-state index < -0.39 is 0 Å². The van der Waals surface area contributed by atoms with Crippen molar-refractivity contribution < 1.29 is 9.53 Å². The van der Waals surface area contributed by atoms with Crippen molar-refractivity contribution in [1.29, 1.82) is 0 Å². The number of ether oxygens (including phenoxy) is 1. The third kappa shape index (κ3) is 5.07. The zero-order chi connectivity index (χ0) is 18.5. The molecule has 0 aromatic heterocycles. The molecule has 0 bridgehead atoms. The van der Waals surface area contributed by atoms with Crippen LogP contribution in [0.4, 0.5) is 0 Å². The SMILES string of the molecule is Cc1ccc(C(=O)C2=CCCC(C3CCCC(C)OC(C)C3)CC2)cc1. The Morgan fingerprint density at radius 3 is 2.50 bits per heavy atom. The summed E-state index contributed by atoms with van der Waals surface area (Å²) in [5.74, 6) is 1.71.